The van der Waals surface area contributed by atoms with Crippen LogP contribution in [0.2, 0.25) is 0 Å². The number of aromatic nitrogens is 2. The number of nitrogens with zero attached hydrogens (tertiary/aromatic N) is 3. The molecule has 0 aliphatic carbocycles. The van der Waals surface area contributed by atoms with Crippen LogP contribution in [-0.2, 0) is 0 Å². The predicted molar refractivity (Wildman–Crippen MR) is 75.0 cm³/mol. The fraction of sp³-hybridized carbons (Fsp3) is 0.667. The molecule has 1 aromatic heterocycles. The van der Waals surface area contributed by atoms with Gasteiger partial charge in [-0.25, -0.2) is 5.10 Å². The van der Waals surface area contributed by atoms with Crippen LogP contribution >= 0.6 is 12.4 Å². The highest BCUT2D eigenvalue weighted by Gasteiger charge is 2.23. The lowest BCUT2D eigenvalue weighted by Crippen LogP contribution is -2.31. The Kier molecular flexibility index (Phi) is 4.11. The van der Waals surface area contributed by atoms with E-state index in [1.807, 2.05) is 0 Å². The third kappa shape index (κ3) is 2.32. The molecule has 3 rings (SSSR count). The molecule has 2 aliphatic heterocycles. The smallest absolute Gasteiger partial charge is 0.289 e. The van der Waals surface area contributed by atoms with Gasteiger partial charge in [0.25, 0.3) is 5.56 Å². The highest BCUT2D eigenvalue weighted by molar-refractivity contribution is 5.85. The van der Waals surface area contributed by atoms with E-state index in [-0.39, 0.29) is 18.0 Å². The second kappa shape index (κ2) is 5.61. The number of aromatic amines is 1. The SMILES string of the molecule is Cl.O=c1[nH]ncc(N2CCCC2)c1N1CCCC1. The number of rotatable bonds is 2. The minimum atomic E-state index is -0.0451. The van der Waals surface area contributed by atoms with Gasteiger partial charge in [0.2, 0.25) is 0 Å². The summed E-state index contributed by atoms with van der Waals surface area (Å²) in [5, 5.41) is 6.52. The largest absolute Gasteiger partial charge is 0.368 e. The van der Waals surface area contributed by atoms with Gasteiger partial charge in [-0.2, -0.15) is 5.10 Å². The maximum Gasteiger partial charge on any atom is 0.289 e. The molecule has 0 bridgehead atoms. The summed E-state index contributed by atoms with van der Waals surface area (Å²) < 4.78 is 0. The van der Waals surface area contributed by atoms with Crippen molar-refractivity contribution in [1.82, 2.24) is 10.2 Å². The summed E-state index contributed by atoms with van der Waals surface area (Å²) in [7, 11) is 0. The molecule has 5 nitrogen and oxygen atoms in total. The van der Waals surface area contributed by atoms with Gasteiger partial charge >= 0.3 is 0 Å². The van der Waals surface area contributed by atoms with Gasteiger partial charge in [-0.1, -0.05) is 0 Å². The first-order chi connectivity index (χ1) is 8.36. The van der Waals surface area contributed by atoms with Crippen LogP contribution in [0.5, 0.6) is 0 Å². The Balaban J connectivity index is 0.00000120. The van der Waals surface area contributed by atoms with Gasteiger partial charge in [-0.3, -0.25) is 4.79 Å². The Labute approximate surface area is 113 Å². The standard InChI is InChI=1S/C12H18N4O.ClH/c17-12-11(16-7-3-4-8-16)10(9-13-14-12)15-5-1-2-6-15;/h9H,1-8H2,(H,14,17);1H. The van der Waals surface area contributed by atoms with E-state index in [1.165, 1.54) is 25.7 Å². The molecule has 0 aromatic carbocycles. The van der Waals surface area contributed by atoms with E-state index in [4.69, 9.17) is 0 Å². The van der Waals surface area contributed by atoms with Crippen molar-refractivity contribution in [2.24, 2.45) is 0 Å². The lowest BCUT2D eigenvalue weighted by Gasteiger charge is -2.25. The number of hydrogen-bond donors (Lipinski definition) is 1. The molecular weight excluding hydrogens is 252 g/mol. The summed E-state index contributed by atoms with van der Waals surface area (Å²) in [6, 6.07) is 0. The molecular formula is C12H19ClN4O. The number of H-pyrrole nitrogens is 1. The predicted octanol–water partition coefficient (Wildman–Crippen LogP) is 1.39. The van der Waals surface area contributed by atoms with Gasteiger partial charge < -0.3 is 9.80 Å². The van der Waals surface area contributed by atoms with Crippen LogP contribution in [0.3, 0.4) is 0 Å². The maximum absolute atomic E-state index is 12.0. The van der Waals surface area contributed by atoms with Crippen LogP contribution in [0.1, 0.15) is 25.7 Å². The minimum Gasteiger partial charge on any atom is -0.368 e. The normalized spacial score (nSPS) is 19.1. The Bertz CT molecular complexity index is 450. The van der Waals surface area contributed by atoms with Gasteiger partial charge in [0.15, 0.2) is 0 Å². The van der Waals surface area contributed by atoms with Crippen molar-refractivity contribution in [2.75, 3.05) is 36.0 Å². The van der Waals surface area contributed by atoms with Crippen molar-refractivity contribution in [3.05, 3.63) is 16.6 Å². The minimum absolute atomic E-state index is 0. The van der Waals surface area contributed by atoms with Gasteiger partial charge in [-0.15, -0.1) is 12.4 Å². The number of nitrogens with one attached hydrogen (secondary N) is 1. The summed E-state index contributed by atoms with van der Waals surface area (Å²) in [5.74, 6) is 0. The van der Waals surface area contributed by atoms with Crippen molar-refractivity contribution >= 4 is 23.8 Å². The molecule has 0 atom stereocenters. The molecule has 2 saturated heterocycles. The second-order valence-corrected chi connectivity index (χ2v) is 4.82. The fourth-order valence-corrected chi connectivity index (χ4v) is 2.82. The molecule has 3 heterocycles. The van der Waals surface area contributed by atoms with Gasteiger partial charge in [0.1, 0.15) is 5.69 Å². The summed E-state index contributed by atoms with van der Waals surface area (Å²) in [6.45, 7) is 4.08. The number of hydrogen-bond acceptors (Lipinski definition) is 4. The Morgan fingerprint density at radius 2 is 1.56 bits per heavy atom. The zero-order valence-corrected chi connectivity index (χ0v) is 11.2. The van der Waals surface area contributed by atoms with E-state index in [1.54, 1.807) is 6.20 Å². The highest BCUT2D eigenvalue weighted by atomic mass is 35.5. The molecule has 100 valence electrons. The van der Waals surface area contributed by atoms with Crippen LogP contribution in [0.25, 0.3) is 0 Å². The Morgan fingerprint density at radius 1 is 1.00 bits per heavy atom. The van der Waals surface area contributed by atoms with Crippen LogP contribution in [-0.4, -0.2) is 36.4 Å². The van der Waals surface area contributed by atoms with E-state index in [0.717, 1.165) is 37.6 Å². The molecule has 0 unspecified atom stereocenters. The fourth-order valence-electron chi connectivity index (χ4n) is 2.82. The lowest BCUT2D eigenvalue weighted by atomic mass is 10.3. The van der Waals surface area contributed by atoms with Crippen molar-refractivity contribution in [3.63, 3.8) is 0 Å². The maximum atomic E-state index is 12.0. The first-order valence-electron chi connectivity index (χ1n) is 6.44. The summed E-state index contributed by atoms with van der Waals surface area (Å²) in [6.07, 6.45) is 6.60. The molecule has 2 aliphatic rings. The zero-order valence-electron chi connectivity index (χ0n) is 10.4. The monoisotopic (exact) mass is 270 g/mol. The van der Waals surface area contributed by atoms with E-state index in [9.17, 15) is 4.79 Å². The van der Waals surface area contributed by atoms with E-state index >= 15 is 0 Å². The Morgan fingerprint density at radius 3 is 2.17 bits per heavy atom. The van der Waals surface area contributed by atoms with Crippen LogP contribution < -0.4 is 15.4 Å². The summed E-state index contributed by atoms with van der Waals surface area (Å²) in [4.78, 5) is 16.5. The summed E-state index contributed by atoms with van der Waals surface area (Å²) >= 11 is 0. The number of anilines is 2. The quantitative estimate of drug-likeness (QED) is 0.882. The third-order valence-corrected chi connectivity index (χ3v) is 3.68. The average molecular weight is 271 g/mol. The van der Waals surface area contributed by atoms with Gasteiger partial charge in [-0.05, 0) is 25.7 Å². The molecule has 18 heavy (non-hydrogen) atoms. The van der Waals surface area contributed by atoms with E-state index in [2.05, 4.69) is 20.0 Å². The van der Waals surface area contributed by atoms with E-state index < -0.39 is 0 Å². The average Bonchev–Trinajstić information content (AvgIpc) is 3.02. The molecule has 0 radical (unpaired) electrons. The van der Waals surface area contributed by atoms with Crippen LogP contribution in [0.4, 0.5) is 11.4 Å². The first-order valence-corrected chi connectivity index (χ1v) is 6.44. The second-order valence-electron chi connectivity index (χ2n) is 4.82. The molecule has 6 heteroatoms. The van der Waals surface area contributed by atoms with Gasteiger partial charge in [0.05, 0.1) is 11.9 Å². The lowest BCUT2D eigenvalue weighted by molar-refractivity contribution is 0.877. The summed E-state index contributed by atoms with van der Waals surface area (Å²) in [5.41, 5.74) is 1.81. The van der Waals surface area contributed by atoms with Crippen LogP contribution in [0.15, 0.2) is 11.0 Å². The van der Waals surface area contributed by atoms with Crippen molar-refractivity contribution in [2.45, 2.75) is 25.7 Å². The molecule has 1 N–H and O–H groups in total. The number of halogens is 1. The van der Waals surface area contributed by atoms with Gasteiger partial charge in [0, 0.05) is 26.2 Å². The first kappa shape index (κ1) is 13.2. The third-order valence-electron chi connectivity index (χ3n) is 3.68. The van der Waals surface area contributed by atoms with Crippen molar-refractivity contribution < 1.29 is 0 Å². The van der Waals surface area contributed by atoms with Crippen molar-refractivity contribution in [1.29, 1.82) is 0 Å². The zero-order chi connectivity index (χ0) is 11.7. The molecule has 0 saturated carbocycles. The molecule has 2 fully saturated rings. The topological polar surface area (TPSA) is 52.2 Å². The van der Waals surface area contributed by atoms with Crippen LogP contribution in [0, 0.1) is 0 Å². The van der Waals surface area contributed by atoms with E-state index in [0.29, 0.717) is 0 Å². The molecule has 0 spiro atoms. The highest BCUT2D eigenvalue weighted by Crippen LogP contribution is 2.29. The molecule has 1 aromatic rings. The Hall–Kier alpha value is -1.23. The molecule has 0 amide bonds. The van der Waals surface area contributed by atoms with Crippen molar-refractivity contribution in [3.8, 4) is 0 Å².